The lowest BCUT2D eigenvalue weighted by atomic mass is 10.1. The van der Waals surface area contributed by atoms with Crippen molar-refractivity contribution in [3.63, 3.8) is 0 Å². The molecule has 1 aliphatic heterocycles. The first kappa shape index (κ1) is 17.4. The maximum absolute atomic E-state index is 9.99. The van der Waals surface area contributed by atoms with Crippen molar-refractivity contribution in [2.45, 2.75) is 13.2 Å². The van der Waals surface area contributed by atoms with Crippen molar-refractivity contribution in [1.29, 1.82) is 0 Å². The van der Waals surface area contributed by atoms with Crippen molar-refractivity contribution in [3.8, 4) is 21.8 Å². The molecule has 6 nitrogen and oxygen atoms in total. The van der Waals surface area contributed by atoms with Crippen LogP contribution in [0.15, 0.2) is 48.8 Å². The fourth-order valence-electron chi connectivity index (χ4n) is 3.17. The average Bonchev–Trinajstić information content (AvgIpc) is 3.13. The van der Waals surface area contributed by atoms with E-state index in [1.54, 1.807) is 23.6 Å². The van der Waals surface area contributed by atoms with Crippen LogP contribution in [0.5, 0.6) is 0 Å². The molecule has 8 heteroatoms. The molecule has 4 heterocycles. The molecule has 0 saturated heterocycles. The molecule has 0 amide bonds. The first-order chi connectivity index (χ1) is 13.6. The number of aliphatic hydroxyl groups is 1. The van der Waals surface area contributed by atoms with E-state index in [2.05, 4.69) is 37.3 Å². The van der Waals surface area contributed by atoms with Gasteiger partial charge in [-0.1, -0.05) is 12.1 Å². The van der Waals surface area contributed by atoms with Crippen molar-refractivity contribution in [1.82, 2.24) is 19.9 Å². The van der Waals surface area contributed by atoms with Crippen LogP contribution in [0, 0.1) is 6.92 Å². The van der Waals surface area contributed by atoms with Crippen LogP contribution in [-0.4, -0.2) is 31.3 Å². The zero-order valence-corrected chi connectivity index (χ0v) is 17.1. The molecule has 1 aliphatic rings. The summed E-state index contributed by atoms with van der Waals surface area (Å²) in [4.78, 5) is 19.4. The van der Waals surface area contributed by atoms with Crippen molar-refractivity contribution in [2.75, 3.05) is 5.32 Å². The number of aliphatic hydroxyl groups excluding tert-OH is 1. The third-order valence-corrected chi connectivity index (χ3v) is 6.00. The van der Waals surface area contributed by atoms with Gasteiger partial charge in [0.1, 0.15) is 17.6 Å². The zero-order valence-electron chi connectivity index (χ0n) is 14.7. The SMILES string of the molecule is Cc1ncc(-c2nc3c(nc2-c2ccc4ncccc4c2)C(Br)=CC(O)N3)s1. The van der Waals surface area contributed by atoms with E-state index in [-0.39, 0.29) is 0 Å². The Morgan fingerprint density at radius 2 is 2.00 bits per heavy atom. The molecule has 1 aromatic carbocycles. The lowest BCUT2D eigenvalue weighted by Gasteiger charge is -2.21. The predicted octanol–water partition coefficient (Wildman–Crippen LogP) is 4.60. The number of benzene rings is 1. The van der Waals surface area contributed by atoms with Crippen LogP contribution >= 0.6 is 27.3 Å². The van der Waals surface area contributed by atoms with Gasteiger partial charge in [-0.25, -0.2) is 15.0 Å². The molecule has 2 N–H and O–H groups in total. The number of hydrogen-bond donors (Lipinski definition) is 2. The number of aryl methyl sites for hydroxylation is 1. The monoisotopic (exact) mass is 451 g/mol. The van der Waals surface area contributed by atoms with Gasteiger partial charge in [0, 0.05) is 27.8 Å². The molecule has 0 spiro atoms. The first-order valence-corrected chi connectivity index (χ1v) is 10.2. The molecule has 5 rings (SSSR count). The van der Waals surface area contributed by atoms with Crippen LogP contribution in [0.1, 0.15) is 10.7 Å². The normalized spacial score (nSPS) is 15.8. The van der Waals surface area contributed by atoms with Gasteiger partial charge in [0.05, 0.1) is 21.1 Å². The summed E-state index contributed by atoms with van der Waals surface area (Å²) in [5, 5.41) is 15.0. The fraction of sp³-hybridized carbons (Fsp3) is 0.100. The average molecular weight is 452 g/mol. The van der Waals surface area contributed by atoms with Crippen LogP contribution in [0.4, 0.5) is 5.82 Å². The molecule has 0 radical (unpaired) electrons. The van der Waals surface area contributed by atoms with Gasteiger partial charge >= 0.3 is 0 Å². The number of nitrogens with zero attached hydrogens (tertiary/aromatic N) is 4. The van der Waals surface area contributed by atoms with Crippen molar-refractivity contribution in [3.05, 3.63) is 59.5 Å². The van der Waals surface area contributed by atoms with E-state index in [1.165, 1.54) is 0 Å². The van der Waals surface area contributed by atoms with E-state index in [0.29, 0.717) is 16.0 Å². The summed E-state index contributed by atoms with van der Waals surface area (Å²) in [6.45, 7) is 1.96. The second-order valence-corrected chi connectivity index (χ2v) is 8.47. The van der Waals surface area contributed by atoms with E-state index in [0.717, 1.165) is 37.7 Å². The molecule has 0 saturated carbocycles. The number of anilines is 1. The lowest BCUT2D eigenvalue weighted by Crippen LogP contribution is -2.22. The Balaban J connectivity index is 1.77. The number of nitrogens with one attached hydrogen (secondary N) is 1. The van der Waals surface area contributed by atoms with Crippen molar-refractivity contribution < 1.29 is 5.11 Å². The molecule has 1 atom stereocenters. The highest BCUT2D eigenvalue weighted by Gasteiger charge is 2.23. The third-order valence-electron chi connectivity index (χ3n) is 4.44. The number of thiazole rings is 1. The number of hydrogen-bond acceptors (Lipinski definition) is 7. The minimum absolute atomic E-state index is 0.536. The van der Waals surface area contributed by atoms with Gasteiger partial charge in [0.15, 0.2) is 5.82 Å². The Labute approximate surface area is 173 Å². The molecule has 1 unspecified atom stereocenters. The van der Waals surface area contributed by atoms with Crippen LogP contribution in [0.2, 0.25) is 0 Å². The van der Waals surface area contributed by atoms with E-state index >= 15 is 0 Å². The summed E-state index contributed by atoms with van der Waals surface area (Å²) in [6, 6.07) is 10.0. The standard InChI is InChI=1S/C20H14BrN5OS/c1-10-23-9-15(28-10)19-17(12-4-5-14-11(7-12)3-2-6-22-14)25-18-13(21)8-16(27)24-20(18)26-19/h2-9,16,27H,1H3,(H,24,26). The topological polar surface area (TPSA) is 83.8 Å². The van der Waals surface area contributed by atoms with Crippen molar-refractivity contribution in [2.24, 2.45) is 0 Å². The highest BCUT2D eigenvalue weighted by atomic mass is 79.9. The number of rotatable bonds is 2. The summed E-state index contributed by atoms with van der Waals surface area (Å²) in [5.41, 5.74) is 4.03. The second-order valence-electron chi connectivity index (χ2n) is 6.38. The van der Waals surface area contributed by atoms with Crippen LogP contribution < -0.4 is 5.32 Å². The molecule has 4 aromatic rings. The van der Waals surface area contributed by atoms with Gasteiger partial charge < -0.3 is 10.4 Å². The minimum Gasteiger partial charge on any atom is -0.370 e. The van der Waals surface area contributed by atoms with Crippen molar-refractivity contribution >= 4 is 48.5 Å². The Morgan fingerprint density at radius 3 is 2.82 bits per heavy atom. The first-order valence-electron chi connectivity index (χ1n) is 8.61. The summed E-state index contributed by atoms with van der Waals surface area (Å²) >= 11 is 5.06. The lowest BCUT2D eigenvalue weighted by molar-refractivity contribution is 0.251. The van der Waals surface area contributed by atoms with Gasteiger partial charge in [-0.15, -0.1) is 11.3 Å². The highest BCUT2D eigenvalue weighted by Crippen LogP contribution is 2.39. The molecular formula is C20H14BrN5OS. The molecule has 3 aromatic heterocycles. The Kier molecular flexibility index (Phi) is 4.19. The smallest absolute Gasteiger partial charge is 0.156 e. The van der Waals surface area contributed by atoms with Crippen LogP contribution in [0.25, 0.3) is 37.2 Å². The van der Waals surface area contributed by atoms with E-state index in [1.807, 2.05) is 37.4 Å². The molecule has 0 fully saturated rings. The molecule has 138 valence electrons. The predicted molar refractivity (Wildman–Crippen MR) is 115 cm³/mol. The number of aromatic nitrogens is 4. The molecular weight excluding hydrogens is 438 g/mol. The van der Waals surface area contributed by atoms with Gasteiger partial charge in [0.25, 0.3) is 0 Å². The Morgan fingerprint density at radius 1 is 1.11 bits per heavy atom. The quantitative estimate of drug-likeness (QED) is 0.463. The largest absolute Gasteiger partial charge is 0.370 e. The molecule has 28 heavy (non-hydrogen) atoms. The van der Waals surface area contributed by atoms with Crippen LogP contribution in [-0.2, 0) is 0 Å². The summed E-state index contributed by atoms with van der Waals surface area (Å²) in [6.07, 6.45) is 4.43. The number of halogens is 1. The maximum atomic E-state index is 9.99. The molecule has 0 bridgehead atoms. The summed E-state index contributed by atoms with van der Waals surface area (Å²) in [7, 11) is 0. The second kappa shape index (κ2) is 6.73. The Bertz CT molecular complexity index is 1250. The highest BCUT2D eigenvalue weighted by molar-refractivity contribution is 9.15. The van der Waals surface area contributed by atoms with Gasteiger partial charge in [0.2, 0.25) is 0 Å². The minimum atomic E-state index is -0.815. The zero-order chi connectivity index (χ0) is 19.3. The van der Waals surface area contributed by atoms with Gasteiger partial charge in [-0.05, 0) is 47.1 Å². The van der Waals surface area contributed by atoms with E-state index in [4.69, 9.17) is 9.97 Å². The summed E-state index contributed by atoms with van der Waals surface area (Å²) in [5.74, 6) is 0.536. The van der Waals surface area contributed by atoms with Crippen LogP contribution in [0.3, 0.4) is 0 Å². The van der Waals surface area contributed by atoms with E-state index < -0.39 is 6.23 Å². The van der Waals surface area contributed by atoms with Gasteiger partial charge in [-0.2, -0.15) is 0 Å². The fourth-order valence-corrected chi connectivity index (χ4v) is 4.46. The number of fused-ring (bicyclic) bond motifs is 2. The maximum Gasteiger partial charge on any atom is 0.156 e. The van der Waals surface area contributed by atoms with Gasteiger partial charge in [-0.3, -0.25) is 4.98 Å². The van der Waals surface area contributed by atoms with E-state index in [9.17, 15) is 5.11 Å². The summed E-state index contributed by atoms with van der Waals surface area (Å²) < 4.78 is 0.706. The number of pyridine rings is 1. The third kappa shape index (κ3) is 2.99. The Hall–Kier alpha value is -2.68. The molecule has 0 aliphatic carbocycles.